The average molecular weight is 383 g/mol. The number of anilines is 1. The van der Waals surface area contributed by atoms with Gasteiger partial charge in [-0.2, -0.15) is 8.78 Å². The van der Waals surface area contributed by atoms with E-state index >= 15 is 0 Å². The summed E-state index contributed by atoms with van der Waals surface area (Å²) in [6.07, 6.45) is 2.94. The molecule has 0 unspecified atom stereocenters. The van der Waals surface area contributed by atoms with Crippen LogP contribution in [0.25, 0.3) is 0 Å². The normalized spacial score (nSPS) is 12.2. The van der Waals surface area contributed by atoms with Gasteiger partial charge in [-0.15, -0.1) is 0 Å². The predicted octanol–water partition coefficient (Wildman–Crippen LogP) is 2.75. The lowest BCUT2D eigenvalue weighted by molar-refractivity contribution is 0.00208. The molecular formula is C17H19F2N3O3S. The zero-order valence-corrected chi connectivity index (χ0v) is 15.1. The maximum atomic E-state index is 14.2. The van der Waals surface area contributed by atoms with Crippen molar-refractivity contribution >= 4 is 21.6 Å². The highest BCUT2D eigenvalue weighted by Gasteiger charge is 2.33. The van der Waals surface area contributed by atoms with Gasteiger partial charge >= 0.3 is 0 Å². The molecule has 0 aliphatic rings. The van der Waals surface area contributed by atoms with Crippen LogP contribution in [0.3, 0.4) is 0 Å². The largest absolute Gasteiger partial charge is 0.322 e. The number of hydrogen-bond acceptors (Lipinski definition) is 4. The summed E-state index contributed by atoms with van der Waals surface area (Å²) >= 11 is 0. The van der Waals surface area contributed by atoms with Crippen LogP contribution in [0.1, 0.15) is 29.8 Å². The Balaban J connectivity index is 2.05. The van der Waals surface area contributed by atoms with Crippen LogP contribution in [0.5, 0.6) is 0 Å². The number of pyridine rings is 1. The quantitative estimate of drug-likeness (QED) is 0.770. The Hall–Kier alpha value is -2.39. The summed E-state index contributed by atoms with van der Waals surface area (Å²) < 4.78 is 53.5. The third-order valence-electron chi connectivity index (χ3n) is 3.62. The van der Waals surface area contributed by atoms with Crippen LogP contribution in [0, 0.1) is 0 Å². The Morgan fingerprint density at radius 3 is 2.23 bits per heavy atom. The van der Waals surface area contributed by atoms with Gasteiger partial charge in [0.1, 0.15) is 0 Å². The van der Waals surface area contributed by atoms with Crippen molar-refractivity contribution in [2.75, 3.05) is 11.9 Å². The molecule has 0 saturated carbocycles. The lowest BCUT2D eigenvalue weighted by Gasteiger charge is -2.19. The van der Waals surface area contributed by atoms with Crippen LogP contribution in [0.15, 0.2) is 48.8 Å². The van der Waals surface area contributed by atoms with Gasteiger partial charge in [-0.25, -0.2) is 13.1 Å². The fourth-order valence-corrected chi connectivity index (χ4v) is 2.68. The average Bonchev–Trinajstić information content (AvgIpc) is 2.61. The number of hydrogen-bond donors (Lipinski definition) is 2. The molecule has 1 amide bonds. The summed E-state index contributed by atoms with van der Waals surface area (Å²) in [5.74, 6) is -3.77. The van der Waals surface area contributed by atoms with Crippen molar-refractivity contribution < 1.29 is 22.0 Å². The van der Waals surface area contributed by atoms with Crippen molar-refractivity contribution in [3.8, 4) is 0 Å². The van der Waals surface area contributed by atoms with Gasteiger partial charge in [0.2, 0.25) is 10.0 Å². The van der Waals surface area contributed by atoms with Gasteiger partial charge in [-0.05, 0) is 38.1 Å². The zero-order chi connectivity index (χ0) is 19.4. The highest BCUT2D eigenvalue weighted by Crippen LogP contribution is 2.28. The fourth-order valence-electron chi connectivity index (χ4n) is 1.96. The Kier molecular flexibility index (Phi) is 6.04. The van der Waals surface area contributed by atoms with Crippen molar-refractivity contribution in [2.24, 2.45) is 0 Å². The smallest absolute Gasteiger partial charge is 0.286 e. The molecule has 140 valence electrons. The predicted molar refractivity (Wildman–Crippen MR) is 94.6 cm³/mol. The van der Waals surface area contributed by atoms with Gasteiger partial charge < -0.3 is 5.32 Å². The maximum Gasteiger partial charge on any atom is 0.286 e. The van der Waals surface area contributed by atoms with Gasteiger partial charge in [0.05, 0.1) is 11.8 Å². The van der Waals surface area contributed by atoms with E-state index in [2.05, 4.69) is 10.3 Å². The summed E-state index contributed by atoms with van der Waals surface area (Å²) in [5, 5.41) is 1.78. The number of carbonyl (C=O) groups is 1. The summed E-state index contributed by atoms with van der Waals surface area (Å²) in [6, 6.07) is 8.01. The standard InChI is InChI=1S/C17H19F2N3O3S/c1-12(2)26(24,25)21-11-17(18,19)14-3-5-15(6-4-14)22-16(23)13-7-9-20-10-8-13/h3-10,12,21H,11H2,1-2H3,(H,22,23). The number of benzene rings is 1. The van der Waals surface area contributed by atoms with E-state index in [0.29, 0.717) is 11.3 Å². The van der Waals surface area contributed by atoms with Gasteiger partial charge in [-0.3, -0.25) is 9.78 Å². The summed E-state index contributed by atoms with van der Waals surface area (Å²) in [6.45, 7) is 1.78. The lowest BCUT2D eigenvalue weighted by Crippen LogP contribution is -2.38. The molecule has 0 saturated heterocycles. The number of sulfonamides is 1. The summed E-state index contributed by atoms with van der Waals surface area (Å²) in [5.41, 5.74) is 0.373. The number of rotatable bonds is 7. The second-order valence-electron chi connectivity index (χ2n) is 5.89. The van der Waals surface area contributed by atoms with E-state index in [0.717, 1.165) is 12.1 Å². The Bertz CT molecular complexity index is 855. The molecular weight excluding hydrogens is 364 g/mol. The minimum atomic E-state index is -3.79. The second kappa shape index (κ2) is 7.88. The Morgan fingerprint density at radius 1 is 1.12 bits per heavy atom. The number of nitrogens with one attached hydrogen (secondary N) is 2. The fraction of sp³-hybridized carbons (Fsp3) is 0.294. The number of nitrogens with zero attached hydrogens (tertiary/aromatic N) is 1. The van der Waals surface area contributed by atoms with E-state index in [1.165, 1.54) is 50.5 Å². The zero-order valence-electron chi connectivity index (χ0n) is 14.2. The van der Waals surface area contributed by atoms with E-state index in [9.17, 15) is 22.0 Å². The minimum Gasteiger partial charge on any atom is -0.322 e. The van der Waals surface area contributed by atoms with E-state index in [1.54, 1.807) is 0 Å². The van der Waals surface area contributed by atoms with Crippen LogP contribution in [-0.4, -0.2) is 31.1 Å². The van der Waals surface area contributed by atoms with Crippen LogP contribution in [-0.2, 0) is 15.9 Å². The van der Waals surface area contributed by atoms with Crippen molar-refractivity contribution in [1.29, 1.82) is 0 Å². The molecule has 1 aromatic carbocycles. The number of halogens is 2. The Labute approximate surface area is 150 Å². The molecule has 2 N–H and O–H groups in total. The topological polar surface area (TPSA) is 88.2 Å². The van der Waals surface area contributed by atoms with Crippen LogP contribution < -0.4 is 10.0 Å². The third-order valence-corrected chi connectivity index (χ3v) is 5.41. The molecule has 0 aliphatic heterocycles. The van der Waals surface area contributed by atoms with Crippen LogP contribution in [0.2, 0.25) is 0 Å². The molecule has 0 radical (unpaired) electrons. The molecule has 6 nitrogen and oxygen atoms in total. The molecule has 26 heavy (non-hydrogen) atoms. The summed E-state index contributed by atoms with van der Waals surface area (Å²) in [7, 11) is -3.79. The van der Waals surface area contributed by atoms with Gasteiger partial charge in [0, 0.05) is 29.2 Å². The van der Waals surface area contributed by atoms with Crippen molar-refractivity contribution in [3.05, 3.63) is 59.9 Å². The SMILES string of the molecule is CC(C)S(=O)(=O)NCC(F)(F)c1ccc(NC(=O)c2ccncc2)cc1. The third kappa shape index (κ3) is 5.06. The van der Waals surface area contributed by atoms with Gasteiger partial charge in [-0.1, -0.05) is 12.1 Å². The van der Waals surface area contributed by atoms with E-state index < -0.39 is 33.6 Å². The second-order valence-corrected chi connectivity index (χ2v) is 8.21. The number of alkyl halides is 2. The molecule has 9 heteroatoms. The maximum absolute atomic E-state index is 14.2. The molecule has 0 atom stereocenters. The first-order chi connectivity index (χ1) is 12.1. The first-order valence-corrected chi connectivity index (χ1v) is 9.35. The number of aromatic nitrogens is 1. The molecule has 0 bridgehead atoms. The lowest BCUT2D eigenvalue weighted by atomic mass is 10.1. The molecule has 1 heterocycles. The van der Waals surface area contributed by atoms with Gasteiger partial charge in [0.15, 0.2) is 0 Å². The molecule has 2 rings (SSSR count). The summed E-state index contributed by atoms with van der Waals surface area (Å²) in [4.78, 5) is 15.8. The molecule has 0 fully saturated rings. The first kappa shape index (κ1) is 19.9. The number of amides is 1. The van der Waals surface area contributed by atoms with Crippen LogP contribution in [0.4, 0.5) is 14.5 Å². The number of carbonyl (C=O) groups excluding carboxylic acids is 1. The molecule has 2 aromatic rings. The molecule has 0 spiro atoms. The molecule has 1 aromatic heterocycles. The highest BCUT2D eigenvalue weighted by atomic mass is 32.2. The monoisotopic (exact) mass is 383 g/mol. The van der Waals surface area contributed by atoms with Crippen molar-refractivity contribution in [2.45, 2.75) is 25.0 Å². The minimum absolute atomic E-state index is 0.342. The Morgan fingerprint density at radius 2 is 1.69 bits per heavy atom. The van der Waals surface area contributed by atoms with Crippen molar-refractivity contribution in [1.82, 2.24) is 9.71 Å². The first-order valence-electron chi connectivity index (χ1n) is 7.80. The highest BCUT2D eigenvalue weighted by molar-refractivity contribution is 7.90. The van der Waals surface area contributed by atoms with E-state index in [1.807, 2.05) is 4.72 Å². The van der Waals surface area contributed by atoms with Gasteiger partial charge in [0.25, 0.3) is 11.8 Å². The van der Waals surface area contributed by atoms with Crippen LogP contribution >= 0.6 is 0 Å². The molecule has 0 aliphatic carbocycles. The van der Waals surface area contributed by atoms with E-state index in [4.69, 9.17) is 0 Å². The van der Waals surface area contributed by atoms with Crippen molar-refractivity contribution in [3.63, 3.8) is 0 Å². The van der Waals surface area contributed by atoms with E-state index in [-0.39, 0.29) is 5.56 Å².